The quantitative estimate of drug-likeness (QED) is 0.675. The third kappa shape index (κ3) is 2.98. The van der Waals surface area contributed by atoms with Gasteiger partial charge >= 0.3 is 0 Å². The van der Waals surface area contributed by atoms with Crippen molar-refractivity contribution in [3.63, 3.8) is 0 Å². The molecular formula is C19H16N2O4S2. The zero-order chi connectivity index (χ0) is 18.6. The van der Waals surface area contributed by atoms with Crippen molar-refractivity contribution < 1.29 is 17.9 Å². The van der Waals surface area contributed by atoms with Gasteiger partial charge in [-0.1, -0.05) is 29.5 Å². The summed E-state index contributed by atoms with van der Waals surface area (Å²) in [7, 11) is -3.08. The Morgan fingerprint density at radius 2 is 1.89 bits per heavy atom. The van der Waals surface area contributed by atoms with Crippen molar-refractivity contribution in [3.8, 4) is 11.5 Å². The molecule has 27 heavy (non-hydrogen) atoms. The molecule has 2 aliphatic rings. The Labute approximate surface area is 160 Å². The lowest BCUT2D eigenvalue weighted by atomic mass is 10.1. The monoisotopic (exact) mass is 400 g/mol. The van der Waals surface area contributed by atoms with E-state index in [1.54, 1.807) is 4.90 Å². The lowest BCUT2D eigenvalue weighted by molar-refractivity contribution is -0.117. The highest BCUT2D eigenvalue weighted by Gasteiger charge is 2.50. The van der Waals surface area contributed by atoms with Gasteiger partial charge in [0.2, 0.25) is 5.91 Å². The maximum absolute atomic E-state index is 12.5. The van der Waals surface area contributed by atoms with E-state index in [9.17, 15) is 13.2 Å². The number of para-hydroxylation sites is 1. The molecule has 138 valence electrons. The molecule has 2 fully saturated rings. The minimum absolute atomic E-state index is 0.0295. The average molecular weight is 400 g/mol. The van der Waals surface area contributed by atoms with E-state index in [2.05, 4.69) is 4.98 Å². The fourth-order valence-electron chi connectivity index (χ4n) is 3.82. The molecule has 8 heteroatoms. The summed E-state index contributed by atoms with van der Waals surface area (Å²) in [6, 6.07) is 14.8. The number of carbonyl (C=O) groups is 1. The SMILES string of the molecule is O=C1C[C@H]2CS(=O)(=O)C[C@H]2N1c1nc2ccc(Oc3ccccc3)cc2s1. The molecule has 2 saturated heterocycles. The Morgan fingerprint density at radius 3 is 2.70 bits per heavy atom. The number of sulfone groups is 1. The maximum Gasteiger partial charge on any atom is 0.229 e. The molecule has 6 nitrogen and oxygen atoms in total. The smallest absolute Gasteiger partial charge is 0.229 e. The van der Waals surface area contributed by atoms with Crippen LogP contribution in [0.1, 0.15) is 6.42 Å². The molecule has 3 aromatic rings. The number of aromatic nitrogens is 1. The third-order valence-electron chi connectivity index (χ3n) is 5.01. The number of carbonyl (C=O) groups excluding carboxylic acids is 1. The highest BCUT2D eigenvalue weighted by atomic mass is 32.2. The van der Waals surface area contributed by atoms with Crippen LogP contribution in [0.2, 0.25) is 0 Å². The number of ether oxygens (including phenoxy) is 1. The van der Waals surface area contributed by atoms with Crippen LogP contribution in [0.3, 0.4) is 0 Å². The second-order valence-electron chi connectivity index (χ2n) is 6.91. The molecule has 5 rings (SSSR count). The lowest BCUT2D eigenvalue weighted by Crippen LogP contribution is -2.36. The summed E-state index contributed by atoms with van der Waals surface area (Å²) in [5.41, 5.74) is 0.771. The molecule has 0 N–H and O–H groups in total. The average Bonchev–Trinajstić information content (AvgIpc) is 3.24. The van der Waals surface area contributed by atoms with Gasteiger partial charge in [-0.05, 0) is 24.3 Å². The Morgan fingerprint density at radius 1 is 1.07 bits per heavy atom. The van der Waals surface area contributed by atoms with E-state index in [0.29, 0.717) is 10.9 Å². The molecule has 0 spiro atoms. The summed E-state index contributed by atoms with van der Waals surface area (Å²) in [5, 5.41) is 0.566. The van der Waals surface area contributed by atoms with E-state index in [0.717, 1.165) is 16.0 Å². The summed E-state index contributed by atoms with van der Waals surface area (Å²) in [6.45, 7) is 0. The largest absolute Gasteiger partial charge is 0.457 e. The van der Waals surface area contributed by atoms with E-state index in [1.165, 1.54) is 11.3 Å². The van der Waals surface area contributed by atoms with Crippen LogP contribution in [0.4, 0.5) is 5.13 Å². The minimum atomic E-state index is -3.08. The normalized spacial score (nSPS) is 23.7. The molecule has 0 unspecified atom stereocenters. The second kappa shape index (κ2) is 6.03. The minimum Gasteiger partial charge on any atom is -0.457 e. The number of hydrogen-bond acceptors (Lipinski definition) is 6. The Hall–Kier alpha value is -2.45. The second-order valence-corrected chi connectivity index (χ2v) is 10.1. The Kier molecular flexibility index (Phi) is 3.73. The first-order valence-corrected chi connectivity index (χ1v) is 11.3. The van der Waals surface area contributed by atoms with Crippen LogP contribution in [-0.4, -0.2) is 36.9 Å². The van der Waals surface area contributed by atoms with Crippen molar-refractivity contribution in [2.75, 3.05) is 16.4 Å². The fourth-order valence-corrected chi connectivity index (χ4v) is 6.96. The molecule has 0 saturated carbocycles. The van der Waals surface area contributed by atoms with E-state index >= 15 is 0 Å². The zero-order valence-electron chi connectivity index (χ0n) is 14.2. The predicted molar refractivity (Wildman–Crippen MR) is 104 cm³/mol. The van der Waals surface area contributed by atoms with Gasteiger partial charge in [0.25, 0.3) is 0 Å². The number of benzene rings is 2. The molecular weight excluding hydrogens is 384 g/mol. The van der Waals surface area contributed by atoms with E-state index in [-0.39, 0.29) is 35.8 Å². The number of fused-ring (bicyclic) bond motifs is 2. The predicted octanol–water partition coefficient (Wildman–Crippen LogP) is 3.24. The van der Waals surface area contributed by atoms with Crippen molar-refractivity contribution in [3.05, 3.63) is 48.5 Å². The van der Waals surface area contributed by atoms with Crippen LogP contribution in [0.25, 0.3) is 10.2 Å². The van der Waals surface area contributed by atoms with Crippen LogP contribution in [0.5, 0.6) is 11.5 Å². The van der Waals surface area contributed by atoms with Crippen LogP contribution in [0, 0.1) is 5.92 Å². The zero-order valence-corrected chi connectivity index (χ0v) is 15.9. The molecule has 0 aliphatic carbocycles. The number of thiazole rings is 1. The summed E-state index contributed by atoms with van der Waals surface area (Å²) < 4.78 is 30.6. The molecule has 3 heterocycles. The summed E-state index contributed by atoms with van der Waals surface area (Å²) >= 11 is 1.39. The first kappa shape index (κ1) is 16.7. The standard InChI is InChI=1S/C19H16N2O4S2/c22-18-8-12-10-27(23,24)11-16(12)21(18)19-20-15-7-6-14(9-17(15)26-19)25-13-4-2-1-3-5-13/h1-7,9,12,16H,8,10-11H2/t12-,16+/m0/s1. The van der Waals surface area contributed by atoms with Crippen LogP contribution in [-0.2, 0) is 14.6 Å². The first-order chi connectivity index (χ1) is 13.0. The van der Waals surface area contributed by atoms with Crippen molar-refractivity contribution in [2.24, 2.45) is 5.92 Å². The number of rotatable bonds is 3. The van der Waals surface area contributed by atoms with Gasteiger partial charge in [0.1, 0.15) is 11.5 Å². The van der Waals surface area contributed by atoms with Gasteiger partial charge in [-0.2, -0.15) is 0 Å². The van der Waals surface area contributed by atoms with E-state index in [4.69, 9.17) is 4.74 Å². The van der Waals surface area contributed by atoms with Gasteiger partial charge in [-0.15, -0.1) is 0 Å². The third-order valence-corrected chi connectivity index (χ3v) is 7.81. The van der Waals surface area contributed by atoms with Crippen LogP contribution < -0.4 is 9.64 Å². The summed E-state index contributed by atoms with van der Waals surface area (Å²) in [5.74, 6) is 1.40. The van der Waals surface area contributed by atoms with Crippen molar-refractivity contribution in [2.45, 2.75) is 12.5 Å². The van der Waals surface area contributed by atoms with Crippen LogP contribution >= 0.6 is 11.3 Å². The van der Waals surface area contributed by atoms with Crippen molar-refractivity contribution in [1.82, 2.24) is 4.98 Å². The molecule has 1 amide bonds. The summed E-state index contributed by atoms with van der Waals surface area (Å²) in [4.78, 5) is 18.6. The first-order valence-electron chi connectivity index (χ1n) is 8.64. The van der Waals surface area contributed by atoms with Crippen molar-refractivity contribution in [1.29, 1.82) is 0 Å². The van der Waals surface area contributed by atoms with Gasteiger partial charge in [0.05, 0.1) is 27.8 Å². The molecule has 2 aliphatic heterocycles. The highest BCUT2D eigenvalue weighted by molar-refractivity contribution is 7.91. The fraction of sp³-hybridized carbons (Fsp3) is 0.263. The Bertz CT molecular complexity index is 1140. The topological polar surface area (TPSA) is 76.6 Å². The Balaban J connectivity index is 1.47. The maximum atomic E-state index is 12.5. The van der Waals surface area contributed by atoms with Crippen molar-refractivity contribution >= 4 is 42.4 Å². The van der Waals surface area contributed by atoms with Gasteiger partial charge in [-0.25, -0.2) is 13.4 Å². The number of anilines is 1. The van der Waals surface area contributed by atoms with Crippen LogP contribution in [0.15, 0.2) is 48.5 Å². The molecule has 0 bridgehead atoms. The molecule has 2 aromatic carbocycles. The highest BCUT2D eigenvalue weighted by Crippen LogP contribution is 2.40. The van der Waals surface area contributed by atoms with Gasteiger partial charge in [0.15, 0.2) is 15.0 Å². The summed E-state index contributed by atoms with van der Waals surface area (Å²) in [6.07, 6.45) is 0.280. The molecule has 0 radical (unpaired) electrons. The van der Waals surface area contributed by atoms with Gasteiger partial charge in [-0.3, -0.25) is 9.69 Å². The number of amides is 1. The number of nitrogens with zero attached hydrogens (tertiary/aromatic N) is 2. The van der Waals surface area contributed by atoms with E-state index in [1.807, 2.05) is 48.5 Å². The molecule has 2 atom stereocenters. The lowest BCUT2D eigenvalue weighted by Gasteiger charge is -2.19. The number of hydrogen-bond donors (Lipinski definition) is 0. The van der Waals surface area contributed by atoms with Gasteiger partial charge < -0.3 is 4.74 Å². The van der Waals surface area contributed by atoms with E-state index < -0.39 is 9.84 Å². The molecule has 1 aromatic heterocycles. The van der Waals surface area contributed by atoms with Gasteiger partial charge in [0, 0.05) is 18.4 Å².